The van der Waals surface area contributed by atoms with Crippen LogP contribution in [0.3, 0.4) is 0 Å². The van der Waals surface area contributed by atoms with Gasteiger partial charge in [-0.25, -0.2) is 0 Å². The van der Waals surface area contributed by atoms with Gasteiger partial charge in [0.25, 0.3) is 0 Å². The number of para-hydroxylation sites is 1. The van der Waals surface area contributed by atoms with Crippen molar-refractivity contribution < 1.29 is 14.7 Å². The van der Waals surface area contributed by atoms with Crippen molar-refractivity contribution in [3.05, 3.63) is 30.0 Å². The largest absolute Gasteiger partial charge is 0.480 e. The van der Waals surface area contributed by atoms with Gasteiger partial charge in [0, 0.05) is 25.9 Å². The van der Waals surface area contributed by atoms with Crippen LogP contribution in [0, 0.1) is 5.41 Å². The number of carboxylic acids is 1. The number of fused-ring (bicyclic) bond motifs is 1. The van der Waals surface area contributed by atoms with E-state index in [2.05, 4.69) is 10.4 Å². The van der Waals surface area contributed by atoms with Crippen LogP contribution < -0.4 is 5.32 Å². The number of carboxylic acid groups (broad SMARTS) is 1. The van der Waals surface area contributed by atoms with Crippen LogP contribution in [-0.2, 0) is 23.1 Å². The van der Waals surface area contributed by atoms with Gasteiger partial charge in [-0.2, -0.15) is 5.10 Å². The summed E-state index contributed by atoms with van der Waals surface area (Å²) in [6.07, 6.45) is 0.0450. The van der Waals surface area contributed by atoms with Crippen molar-refractivity contribution in [2.45, 2.75) is 13.3 Å². The first-order chi connectivity index (χ1) is 9.40. The van der Waals surface area contributed by atoms with Crippen LogP contribution in [-0.4, -0.2) is 33.8 Å². The van der Waals surface area contributed by atoms with Crippen molar-refractivity contribution in [1.29, 1.82) is 0 Å². The first-order valence-corrected chi connectivity index (χ1v) is 6.26. The molecule has 0 bridgehead atoms. The Labute approximate surface area is 116 Å². The number of hydrogen-bond acceptors (Lipinski definition) is 3. The number of nitrogens with zero attached hydrogens (tertiary/aromatic N) is 2. The molecule has 1 aromatic heterocycles. The van der Waals surface area contributed by atoms with Crippen LogP contribution in [0.4, 0.5) is 0 Å². The Morgan fingerprint density at radius 3 is 2.65 bits per heavy atom. The maximum absolute atomic E-state index is 11.9. The van der Waals surface area contributed by atoms with E-state index in [1.165, 1.54) is 14.0 Å². The monoisotopic (exact) mass is 275 g/mol. The summed E-state index contributed by atoms with van der Waals surface area (Å²) < 4.78 is 1.69. The average molecular weight is 275 g/mol. The van der Waals surface area contributed by atoms with Gasteiger partial charge in [-0.1, -0.05) is 18.2 Å². The minimum Gasteiger partial charge on any atom is -0.480 e. The van der Waals surface area contributed by atoms with Gasteiger partial charge in [-0.15, -0.1) is 0 Å². The van der Waals surface area contributed by atoms with Gasteiger partial charge in [0.15, 0.2) is 0 Å². The zero-order chi connectivity index (χ0) is 14.9. The van der Waals surface area contributed by atoms with E-state index in [4.69, 9.17) is 0 Å². The lowest BCUT2D eigenvalue weighted by Crippen LogP contribution is -2.44. The van der Waals surface area contributed by atoms with Gasteiger partial charge < -0.3 is 10.4 Å². The molecule has 0 aliphatic rings. The highest BCUT2D eigenvalue weighted by Gasteiger charge is 2.42. The average Bonchev–Trinajstić information content (AvgIpc) is 2.74. The molecule has 0 aliphatic heterocycles. The summed E-state index contributed by atoms with van der Waals surface area (Å²) in [5.41, 5.74) is -0.0185. The first-order valence-electron chi connectivity index (χ1n) is 6.26. The highest BCUT2D eigenvalue weighted by Crippen LogP contribution is 2.27. The number of aryl methyl sites for hydroxylation is 1. The molecule has 2 rings (SSSR count). The Kier molecular flexibility index (Phi) is 3.48. The molecule has 6 heteroatoms. The topological polar surface area (TPSA) is 84.2 Å². The Hall–Kier alpha value is -2.37. The SMILES string of the molecule is CNC(=O)C(C)(Cc1nn(C)c2ccccc12)C(=O)O. The van der Waals surface area contributed by atoms with Crippen LogP contribution in [0.5, 0.6) is 0 Å². The number of nitrogens with one attached hydrogen (secondary N) is 1. The maximum Gasteiger partial charge on any atom is 0.319 e. The minimum atomic E-state index is -1.54. The third-order valence-electron chi connectivity index (χ3n) is 3.56. The van der Waals surface area contributed by atoms with Crippen molar-refractivity contribution in [1.82, 2.24) is 15.1 Å². The second-order valence-corrected chi connectivity index (χ2v) is 4.98. The molecule has 0 saturated carbocycles. The summed E-state index contributed by atoms with van der Waals surface area (Å²) in [7, 11) is 3.23. The van der Waals surface area contributed by atoms with Gasteiger partial charge in [-0.3, -0.25) is 14.3 Å². The molecule has 0 radical (unpaired) electrons. The Bertz CT molecular complexity index is 677. The summed E-state index contributed by atoms with van der Waals surface area (Å²) in [5, 5.41) is 17.0. The van der Waals surface area contributed by atoms with E-state index in [0.717, 1.165) is 10.9 Å². The van der Waals surface area contributed by atoms with E-state index in [1.807, 2.05) is 24.3 Å². The smallest absolute Gasteiger partial charge is 0.319 e. The van der Waals surface area contributed by atoms with Crippen LogP contribution >= 0.6 is 0 Å². The Morgan fingerprint density at radius 2 is 2.05 bits per heavy atom. The molecule has 1 aromatic carbocycles. The number of carbonyl (C=O) groups is 2. The number of carbonyl (C=O) groups excluding carboxylic acids is 1. The van der Waals surface area contributed by atoms with Gasteiger partial charge in [0.2, 0.25) is 5.91 Å². The molecule has 1 amide bonds. The number of benzene rings is 1. The Morgan fingerprint density at radius 1 is 1.40 bits per heavy atom. The quantitative estimate of drug-likeness (QED) is 0.814. The number of rotatable bonds is 4. The van der Waals surface area contributed by atoms with Gasteiger partial charge in [0.1, 0.15) is 5.41 Å². The van der Waals surface area contributed by atoms with E-state index in [0.29, 0.717) is 5.69 Å². The molecule has 1 atom stereocenters. The molecule has 0 spiro atoms. The molecule has 1 unspecified atom stereocenters. The Balaban J connectivity index is 2.50. The second kappa shape index (κ2) is 4.96. The summed E-state index contributed by atoms with van der Waals surface area (Å²) >= 11 is 0. The zero-order valence-corrected chi connectivity index (χ0v) is 11.7. The van der Waals surface area contributed by atoms with Crippen molar-refractivity contribution >= 4 is 22.8 Å². The maximum atomic E-state index is 11.9. The summed E-state index contributed by atoms with van der Waals surface area (Å²) in [6, 6.07) is 7.54. The summed E-state index contributed by atoms with van der Waals surface area (Å²) in [4.78, 5) is 23.4. The normalized spacial score (nSPS) is 13.9. The number of aliphatic carboxylic acids is 1. The first kappa shape index (κ1) is 14.0. The molecule has 0 aliphatic carbocycles. The van der Waals surface area contributed by atoms with Crippen molar-refractivity contribution in [3.63, 3.8) is 0 Å². The standard InChI is InChI=1S/C14H17N3O3/c1-14(13(19)20,12(18)15-2)8-10-9-6-4-5-7-11(9)17(3)16-10/h4-7H,8H2,1-3H3,(H,15,18)(H,19,20). The van der Waals surface area contributed by atoms with Crippen LogP contribution in [0.15, 0.2) is 24.3 Å². The van der Waals surface area contributed by atoms with Crippen molar-refractivity contribution in [3.8, 4) is 0 Å². The van der Waals surface area contributed by atoms with E-state index in [-0.39, 0.29) is 6.42 Å². The molecule has 20 heavy (non-hydrogen) atoms. The number of aromatic nitrogens is 2. The van der Waals surface area contributed by atoms with Crippen molar-refractivity contribution in [2.24, 2.45) is 12.5 Å². The molecule has 1 heterocycles. The molecule has 2 N–H and O–H groups in total. The third kappa shape index (κ3) is 2.13. The fraction of sp³-hybridized carbons (Fsp3) is 0.357. The van der Waals surface area contributed by atoms with Gasteiger partial charge >= 0.3 is 5.97 Å². The minimum absolute atomic E-state index is 0.0450. The predicted octanol–water partition coefficient (Wildman–Crippen LogP) is 0.953. The van der Waals surface area contributed by atoms with Crippen molar-refractivity contribution in [2.75, 3.05) is 7.05 Å². The molecule has 6 nitrogen and oxygen atoms in total. The van der Waals surface area contributed by atoms with Crippen LogP contribution in [0.25, 0.3) is 10.9 Å². The molecular weight excluding hydrogens is 258 g/mol. The molecule has 106 valence electrons. The zero-order valence-electron chi connectivity index (χ0n) is 11.7. The molecular formula is C14H17N3O3. The van der Waals surface area contributed by atoms with Crippen LogP contribution in [0.2, 0.25) is 0 Å². The fourth-order valence-electron chi connectivity index (χ4n) is 2.28. The number of hydrogen-bond donors (Lipinski definition) is 2. The van der Waals surface area contributed by atoms with E-state index < -0.39 is 17.3 Å². The fourth-order valence-corrected chi connectivity index (χ4v) is 2.28. The highest BCUT2D eigenvalue weighted by molar-refractivity contribution is 6.02. The summed E-state index contributed by atoms with van der Waals surface area (Å²) in [5.74, 6) is -1.69. The number of amides is 1. The van der Waals surface area contributed by atoms with Gasteiger partial charge in [-0.05, 0) is 13.0 Å². The van der Waals surface area contributed by atoms with E-state index >= 15 is 0 Å². The predicted molar refractivity (Wildman–Crippen MR) is 74.2 cm³/mol. The lowest BCUT2D eigenvalue weighted by atomic mass is 9.84. The lowest BCUT2D eigenvalue weighted by molar-refractivity contribution is -0.154. The molecule has 0 saturated heterocycles. The summed E-state index contributed by atoms with van der Waals surface area (Å²) in [6.45, 7) is 1.41. The van der Waals surface area contributed by atoms with Crippen LogP contribution in [0.1, 0.15) is 12.6 Å². The van der Waals surface area contributed by atoms with Gasteiger partial charge in [0.05, 0.1) is 11.2 Å². The highest BCUT2D eigenvalue weighted by atomic mass is 16.4. The van der Waals surface area contributed by atoms with E-state index in [9.17, 15) is 14.7 Å². The molecule has 0 fully saturated rings. The third-order valence-corrected chi connectivity index (χ3v) is 3.56. The second-order valence-electron chi connectivity index (χ2n) is 4.98. The lowest BCUT2D eigenvalue weighted by Gasteiger charge is -2.21. The van der Waals surface area contributed by atoms with E-state index in [1.54, 1.807) is 11.7 Å². The molecule has 2 aromatic rings.